The summed E-state index contributed by atoms with van der Waals surface area (Å²) < 4.78 is 10.8. The quantitative estimate of drug-likeness (QED) is 0.757. The molecule has 1 aromatic rings. The molecule has 0 spiro atoms. The van der Waals surface area contributed by atoms with Gasteiger partial charge in [0.15, 0.2) is 5.69 Å². The van der Waals surface area contributed by atoms with Crippen LogP contribution in [-0.2, 0) is 9.47 Å². The Hall–Kier alpha value is -1.11. The maximum absolute atomic E-state index is 12.1. The number of ether oxygens (including phenoxy) is 2. The van der Waals surface area contributed by atoms with Crippen LogP contribution in [0.3, 0.4) is 0 Å². The third kappa shape index (κ3) is 3.75. The number of nitrogens with zero attached hydrogens (tertiary/aromatic N) is 2. The highest BCUT2D eigenvalue weighted by Gasteiger charge is 2.31. The first-order chi connectivity index (χ1) is 9.51. The van der Waals surface area contributed by atoms with Crippen molar-refractivity contribution in [1.82, 2.24) is 4.68 Å². The van der Waals surface area contributed by atoms with Crippen molar-refractivity contribution in [2.24, 2.45) is 0 Å². The largest absolute Gasteiger partial charge is 0.464 e. The second-order valence-electron chi connectivity index (χ2n) is 5.07. The minimum atomic E-state index is -0.788. The van der Waals surface area contributed by atoms with Crippen molar-refractivity contribution in [3.63, 3.8) is 0 Å². The Balaban J connectivity index is 3.32. The molecule has 6 nitrogen and oxygen atoms in total. The predicted octanol–water partition coefficient (Wildman–Crippen LogP) is 3.74. The molecular weight excluding hydrogens is 343 g/mol. The van der Waals surface area contributed by atoms with Crippen LogP contribution in [0.4, 0.5) is 4.79 Å². The third-order valence-electron chi connectivity index (χ3n) is 2.32. The fourth-order valence-corrected chi connectivity index (χ4v) is 2.20. The molecule has 1 rings (SSSR count). The van der Waals surface area contributed by atoms with E-state index in [2.05, 4.69) is 4.74 Å². The summed E-state index contributed by atoms with van der Waals surface area (Å²) in [6, 6.07) is 0. The lowest BCUT2D eigenvalue weighted by Crippen LogP contribution is -2.42. The number of aromatic nitrogens is 1. The number of methoxy groups -OCH3 is 1. The summed E-state index contributed by atoms with van der Waals surface area (Å²) in [4.78, 5) is 23.9. The van der Waals surface area contributed by atoms with Crippen LogP contribution in [0.5, 0.6) is 0 Å². The smallest absolute Gasteiger partial charge is 0.429 e. The third-order valence-corrected chi connectivity index (χ3v) is 3.59. The van der Waals surface area contributed by atoms with Crippen LogP contribution in [0.2, 0.25) is 15.2 Å². The first-order valence-corrected chi connectivity index (χ1v) is 6.95. The van der Waals surface area contributed by atoms with Gasteiger partial charge in [0.2, 0.25) is 0 Å². The summed E-state index contributed by atoms with van der Waals surface area (Å²) in [5.41, 5.74) is -0.883. The average Bonchev–Trinajstić information content (AvgIpc) is 2.59. The minimum Gasteiger partial charge on any atom is -0.464 e. The molecule has 0 fully saturated rings. The van der Waals surface area contributed by atoms with Crippen LogP contribution in [0, 0.1) is 0 Å². The number of esters is 1. The van der Waals surface area contributed by atoms with E-state index in [0.717, 1.165) is 9.69 Å². The minimum absolute atomic E-state index is 0.0610. The van der Waals surface area contributed by atoms with Gasteiger partial charge in [0.1, 0.15) is 10.8 Å². The van der Waals surface area contributed by atoms with Gasteiger partial charge in [-0.3, -0.25) is 0 Å². The molecule has 0 saturated carbocycles. The molecule has 0 bridgehead atoms. The molecule has 0 aliphatic rings. The summed E-state index contributed by atoms with van der Waals surface area (Å²) in [6.07, 6.45) is -0.738. The maximum atomic E-state index is 12.1. The van der Waals surface area contributed by atoms with Gasteiger partial charge in [-0.1, -0.05) is 34.8 Å². The van der Waals surface area contributed by atoms with Crippen LogP contribution in [-0.4, -0.2) is 36.5 Å². The Morgan fingerprint density at radius 3 is 2.10 bits per heavy atom. The van der Waals surface area contributed by atoms with E-state index in [1.165, 1.54) is 14.2 Å². The Kier molecular flexibility index (Phi) is 5.41. The van der Waals surface area contributed by atoms with Gasteiger partial charge in [0.05, 0.1) is 17.2 Å². The zero-order chi connectivity index (χ0) is 16.5. The molecule has 0 radical (unpaired) electrons. The van der Waals surface area contributed by atoms with E-state index in [1.54, 1.807) is 20.8 Å². The maximum Gasteiger partial charge on any atom is 0.429 e. The normalized spacial score (nSPS) is 11.2. The number of amides is 1. The topological polar surface area (TPSA) is 60.8 Å². The number of halogens is 3. The number of carbonyl (C=O) groups is 2. The molecule has 0 aromatic carbocycles. The standard InChI is InChI=1S/C12H15Cl3N2O4/c1-12(2,3)21-11(19)16(4)17-8(10(18)20-5)6(13)7(14)9(17)15/h1-5H3. The van der Waals surface area contributed by atoms with E-state index in [4.69, 9.17) is 39.5 Å². The van der Waals surface area contributed by atoms with Crippen molar-refractivity contribution in [3.8, 4) is 0 Å². The molecule has 0 N–H and O–H groups in total. The highest BCUT2D eigenvalue weighted by Crippen LogP contribution is 2.36. The molecule has 0 aliphatic heterocycles. The molecule has 1 heterocycles. The van der Waals surface area contributed by atoms with E-state index < -0.39 is 17.7 Å². The first kappa shape index (κ1) is 17.9. The highest BCUT2D eigenvalue weighted by atomic mass is 35.5. The van der Waals surface area contributed by atoms with Gasteiger partial charge < -0.3 is 9.47 Å². The van der Waals surface area contributed by atoms with Crippen molar-refractivity contribution >= 4 is 46.9 Å². The highest BCUT2D eigenvalue weighted by molar-refractivity contribution is 6.49. The molecule has 1 aromatic heterocycles. The molecule has 0 atom stereocenters. The van der Waals surface area contributed by atoms with Crippen molar-refractivity contribution < 1.29 is 19.1 Å². The van der Waals surface area contributed by atoms with Gasteiger partial charge in [0, 0.05) is 7.05 Å². The number of hydrogen-bond acceptors (Lipinski definition) is 4. The van der Waals surface area contributed by atoms with Crippen molar-refractivity contribution in [3.05, 3.63) is 20.9 Å². The monoisotopic (exact) mass is 356 g/mol. The summed E-state index contributed by atoms with van der Waals surface area (Å²) in [6.45, 7) is 5.12. The van der Waals surface area contributed by atoms with Crippen LogP contribution in [0.15, 0.2) is 0 Å². The van der Waals surface area contributed by atoms with Gasteiger partial charge in [-0.15, -0.1) is 0 Å². The Morgan fingerprint density at radius 2 is 1.67 bits per heavy atom. The molecular formula is C12H15Cl3N2O4. The zero-order valence-corrected chi connectivity index (χ0v) is 14.4. The average molecular weight is 358 g/mol. The summed E-state index contributed by atoms with van der Waals surface area (Å²) in [5.74, 6) is -0.788. The lowest BCUT2D eigenvalue weighted by Gasteiger charge is -2.26. The molecule has 9 heteroatoms. The Labute approximate surface area is 137 Å². The fraction of sp³-hybridized carbons (Fsp3) is 0.500. The number of carbonyl (C=O) groups excluding carboxylic acids is 2. The van der Waals surface area contributed by atoms with Gasteiger partial charge in [0.25, 0.3) is 0 Å². The molecule has 0 aliphatic carbocycles. The van der Waals surface area contributed by atoms with Crippen molar-refractivity contribution in [1.29, 1.82) is 0 Å². The van der Waals surface area contributed by atoms with Crippen molar-refractivity contribution in [2.45, 2.75) is 26.4 Å². The molecule has 1 amide bonds. The van der Waals surface area contributed by atoms with Gasteiger partial charge >= 0.3 is 12.1 Å². The second-order valence-corrected chi connectivity index (χ2v) is 6.19. The molecule has 21 heavy (non-hydrogen) atoms. The molecule has 0 saturated heterocycles. The Bertz CT molecular complexity index is 578. The van der Waals surface area contributed by atoms with Crippen LogP contribution < -0.4 is 5.01 Å². The van der Waals surface area contributed by atoms with E-state index in [0.29, 0.717) is 0 Å². The lowest BCUT2D eigenvalue weighted by atomic mass is 10.2. The summed E-state index contributed by atoms with van der Waals surface area (Å²) in [5, 5.41) is 0.714. The van der Waals surface area contributed by atoms with Crippen LogP contribution in [0.25, 0.3) is 0 Å². The van der Waals surface area contributed by atoms with E-state index in [1.807, 2.05) is 0 Å². The zero-order valence-electron chi connectivity index (χ0n) is 12.2. The summed E-state index contributed by atoms with van der Waals surface area (Å²) in [7, 11) is 2.53. The lowest BCUT2D eigenvalue weighted by molar-refractivity contribution is 0.0537. The fourth-order valence-electron chi connectivity index (χ4n) is 1.44. The molecule has 0 unspecified atom stereocenters. The van der Waals surface area contributed by atoms with Gasteiger partial charge in [-0.05, 0) is 20.8 Å². The SMILES string of the molecule is COC(=O)c1c(Cl)c(Cl)c(Cl)n1N(C)C(=O)OC(C)(C)C. The first-order valence-electron chi connectivity index (χ1n) is 5.81. The van der Waals surface area contributed by atoms with E-state index in [-0.39, 0.29) is 20.9 Å². The second kappa shape index (κ2) is 6.34. The van der Waals surface area contributed by atoms with E-state index >= 15 is 0 Å². The van der Waals surface area contributed by atoms with Gasteiger partial charge in [-0.25, -0.2) is 19.3 Å². The van der Waals surface area contributed by atoms with Gasteiger partial charge in [-0.2, -0.15) is 0 Å². The Morgan fingerprint density at radius 1 is 1.14 bits per heavy atom. The summed E-state index contributed by atoms with van der Waals surface area (Å²) >= 11 is 17.9. The van der Waals surface area contributed by atoms with Crippen LogP contribution in [0.1, 0.15) is 31.3 Å². The predicted molar refractivity (Wildman–Crippen MR) is 81.2 cm³/mol. The molecule has 118 valence electrons. The van der Waals surface area contributed by atoms with Crippen molar-refractivity contribution in [2.75, 3.05) is 19.2 Å². The van der Waals surface area contributed by atoms with E-state index in [9.17, 15) is 9.59 Å². The number of hydrogen-bond donors (Lipinski definition) is 0. The number of rotatable bonds is 2. The van der Waals surface area contributed by atoms with Crippen LogP contribution >= 0.6 is 34.8 Å².